The van der Waals surface area contributed by atoms with Gasteiger partial charge in [0.1, 0.15) is 11.5 Å². The average molecular weight is 338 g/mol. The van der Waals surface area contributed by atoms with Gasteiger partial charge in [0, 0.05) is 24.1 Å². The van der Waals surface area contributed by atoms with Crippen molar-refractivity contribution in [2.24, 2.45) is 5.92 Å². The Hall–Kier alpha value is -2.33. The number of ether oxygens (including phenoxy) is 1. The summed E-state index contributed by atoms with van der Waals surface area (Å²) in [5.74, 6) is 1.83. The van der Waals surface area contributed by atoms with E-state index in [0.29, 0.717) is 12.6 Å². The third kappa shape index (κ3) is 4.83. The van der Waals surface area contributed by atoms with Crippen LogP contribution >= 0.6 is 0 Å². The molecule has 2 N–H and O–H groups in total. The molecule has 2 aromatic rings. The Bertz CT molecular complexity index is 729. The number of carbonyl (C=O) groups excluding carboxylic acids is 1. The second kappa shape index (κ2) is 8.17. The summed E-state index contributed by atoms with van der Waals surface area (Å²) in [7, 11) is 0. The van der Waals surface area contributed by atoms with Gasteiger partial charge in [-0.3, -0.25) is 4.79 Å². The average Bonchev–Trinajstić information content (AvgIpc) is 2.61. The van der Waals surface area contributed by atoms with Crippen LogP contribution < -0.4 is 15.4 Å². The van der Waals surface area contributed by atoms with Crippen LogP contribution in [0.5, 0.6) is 11.5 Å². The maximum Gasteiger partial charge on any atom is 0.223 e. The molecule has 0 bridgehead atoms. The van der Waals surface area contributed by atoms with Crippen molar-refractivity contribution in [2.75, 3.05) is 6.54 Å². The predicted octanol–water partition coefficient (Wildman–Crippen LogP) is 3.79. The first kappa shape index (κ1) is 17.5. The summed E-state index contributed by atoms with van der Waals surface area (Å²) in [6.07, 6.45) is 1.80. The van der Waals surface area contributed by atoms with E-state index < -0.39 is 0 Å². The Balaban J connectivity index is 1.63. The molecule has 1 saturated heterocycles. The topological polar surface area (TPSA) is 50.4 Å². The number of carbonyl (C=O) groups is 1. The van der Waals surface area contributed by atoms with Crippen LogP contribution in [-0.2, 0) is 11.3 Å². The van der Waals surface area contributed by atoms with E-state index in [1.165, 1.54) is 0 Å². The number of nitrogens with one attached hydrogen (secondary N) is 2. The highest BCUT2D eigenvalue weighted by molar-refractivity contribution is 5.78. The lowest BCUT2D eigenvalue weighted by atomic mass is 9.92. The number of rotatable bonds is 5. The van der Waals surface area contributed by atoms with Crippen LogP contribution in [0.25, 0.3) is 0 Å². The third-order valence-electron chi connectivity index (χ3n) is 4.64. The molecule has 25 heavy (non-hydrogen) atoms. The van der Waals surface area contributed by atoms with E-state index in [-0.39, 0.29) is 11.8 Å². The summed E-state index contributed by atoms with van der Waals surface area (Å²) >= 11 is 0. The van der Waals surface area contributed by atoms with Gasteiger partial charge >= 0.3 is 0 Å². The zero-order valence-electron chi connectivity index (χ0n) is 14.9. The number of hydrogen-bond donors (Lipinski definition) is 2. The fraction of sp³-hybridized carbons (Fsp3) is 0.381. The molecule has 1 amide bonds. The molecule has 1 aliphatic rings. The zero-order chi connectivity index (χ0) is 17.6. The molecular formula is C21H26N2O2. The molecule has 0 aromatic heterocycles. The van der Waals surface area contributed by atoms with Gasteiger partial charge in [0.2, 0.25) is 5.91 Å². The van der Waals surface area contributed by atoms with Crippen molar-refractivity contribution in [3.05, 3.63) is 59.7 Å². The van der Waals surface area contributed by atoms with Crippen LogP contribution in [0.4, 0.5) is 0 Å². The summed E-state index contributed by atoms with van der Waals surface area (Å²) in [6, 6.07) is 16.2. The summed E-state index contributed by atoms with van der Waals surface area (Å²) in [4.78, 5) is 12.5. The van der Waals surface area contributed by atoms with E-state index in [2.05, 4.69) is 17.6 Å². The molecule has 1 fully saturated rings. The van der Waals surface area contributed by atoms with E-state index in [0.717, 1.165) is 42.0 Å². The minimum absolute atomic E-state index is 0.0982. The molecule has 132 valence electrons. The van der Waals surface area contributed by atoms with E-state index in [1.807, 2.05) is 55.5 Å². The number of amides is 1. The predicted molar refractivity (Wildman–Crippen MR) is 99.7 cm³/mol. The zero-order valence-corrected chi connectivity index (χ0v) is 14.9. The van der Waals surface area contributed by atoms with Crippen molar-refractivity contribution in [1.82, 2.24) is 10.6 Å². The second-order valence-electron chi connectivity index (χ2n) is 6.82. The van der Waals surface area contributed by atoms with Gasteiger partial charge in [0.15, 0.2) is 0 Å². The molecule has 4 heteroatoms. The van der Waals surface area contributed by atoms with Crippen LogP contribution in [0.15, 0.2) is 48.5 Å². The van der Waals surface area contributed by atoms with E-state index in [9.17, 15) is 4.79 Å². The molecule has 4 nitrogen and oxygen atoms in total. The van der Waals surface area contributed by atoms with Gasteiger partial charge in [-0.1, -0.05) is 30.3 Å². The largest absolute Gasteiger partial charge is 0.457 e. The molecule has 0 saturated carbocycles. The van der Waals surface area contributed by atoms with Crippen LogP contribution in [0.1, 0.15) is 30.9 Å². The SMILES string of the molecule is Cc1cccc(Oc2ccccc2CNC(=O)[C@H]2CCN[C@@H](C)C2)c1. The minimum Gasteiger partial charge on any atom is -0.457 e. The minimum atomic E-state index is 0.0982. The van der Waals surface area contributed by atoms with E-state index in [4.69, 9.17) is 4.74 Å². The monoisotopic (exact) mass is 338 g/mol. The number of hydrogen-bond acceptors (Lipinski definition) is 3. The maximum absolute atomic E-state index is 12.5. The quantitative estimate of drug-likeness (QED) is 0.872. The Morgan fingerprint density at radius 3 is 2.88 bits per heavy atom. The van der Waals surface area contributed by atoms with Crippen molar-refractivity contribution in [1.29, 1.82) is 0 Å². The van der Waals surface area contributed by atoms with Crippen LogP contribution in [0.3, 0.4) is 0 Å². The Labute approximate surface area is 149 Å². The molecule has 0 radical (unpaired) electrons. The molecule has 0 spiro atoms. The maximum atomic E-state index is 12.5. The van der Waals surface area contributed by atoms with Gasteiger partial charge in [-0.05, 0) is 57.0 Å². The first-order chi connectivity index (χ1) is 12.1. The van der Waals surface area contributed by atoms with Crippen LogP contribution in [0, 0.1) is 12.8 Å². The molecule has 1 aliphatic heterocycles. The molecule has 2 aromatic carbocycles. The second-order valence-corrected chi connectivity index (χ2v) is 6.82. The first-order valence-electron chi connectivity index (χ1n) is 8.95. The summed E-state index contributed by atoms with van der Waals surface area (Å²) in [6.45, 7) is 5.56. The molecule has 0 aliphatic carbocycles. The molecule has 0 unspecified atom stereocenters. The fourth-order valence-corrected chi connectivity index (χ4v) is 3.25. The lowest BCUT2D eigenvalue weighted by Crippen LogP contribution is -2.42. The fourth-order valence-electron chi connectivity index (χ4n) is 3.25. The Morgan fingerprint density at radius 2 is 2.08 bits per heavy atom. The highest BCUT2D eigenvalue weighted by Crippen LogP contribution is 2.26. The lowest BCUT2D eigenvalue weighted by Gasteiger charge is -2.27. The smallest absolute Gasteiger partial charge is 0.223 e. The Kier molecular flexibility index (Phi) is 5.71. The van der Waals surface area contributed by atoms with E-state index in [1.54, 1.807) is 0 Å². The molecule has 3 rings (SSSR count). The van der Waals surface area contributed by atoms with Crippen molar-refractivity contribution in [3.8, 4) is 11.5 Å². The number of benzene rings is 2. The molecular weight excluding hydrogens is 312 g/mol. The Morgan fingerprint density at radius 1 is 1.24 bits per heavy atom. The van der Waals surface area contributed by atoms with Gasteiger partial charge in [0.05, 0.1) is 0 Å². The number of para-hydroxylation sites is 1. The van der Waals surface area contributed by atoms with Crippen LogP contribution in [0.2, 0.25) is 0 Å². The van der Waals surface area contributed by atoms with Gasteiger partial charge in [-0.25, -0.2) is 0 Å². The van der Waals surface area contributed by atoms with Crippen molar-refractivity contribution < 1.29 is 9.53 Å². The lowest BCUT2D eigenvalue weighted by molar-refractivity contribution is -0.126. The van der Waals surface area contributed by atoms with Gasteiger partial charge < -0.3 is 15.4 Å². The summed E-state index contributed by atoms with van der Waals surface area (Å²) in [5, 5.41) is 6.46. The first-order valence-corrected chi connectivity index (χ1v) is 8.95. The molecule has 2 atom stereocenters. The number of aryl methyl sites for hydroxylation is 1. The highest BCUT2D eigenvalue weighted by atomic mass is 16.5. The number of piperidine rings is 1. The summed E-state index contributed by atoms with van der Waals surface area (Å²) in [5.41, 5.74) is 2.14. The van der Waals surface area contributed by atoms with Gasteiger partial charge in [-0.2, -0.15) is 0 Å². The van der Waals surface area contributed by atoms with Crippen molar-refractivity contribution in [2.45, 2.75) is 39.3 Å². The van der Waals surface area contributed by atoms with Crippen molar-refractivity contribution >= 4 is 5.91 Å². The van der Waals surface area contributed by atoms with Gasteiger partial charge in [0.25, 0.3) is 0 Å². The van der Waals surface area contributed by atoms with Gasteiger partial charge in [-0.15, -0.1) is 0 Å². The van der Waals surface area contributed by atoms with Crippen molar-refractivity contribution in [3.63, 3.8) is 0 Å². The molecule has 1 heterocycles. The van der Waals surface area contributed by atoms with Crippen LogP contribution in [-0.4, -0.2) is 18.5 Å². The highest BCUT2D eigenvalue weighted by Gasteiger charge is 2.24. The summed E-state index contributed by atoms with van der Waals surface area (Å²) < 4.78 is 6.02. The van der Waals surface area contributed by atoms with E-state index >= 15 is 0 Å². The third-order valence-corrected chi connectivity index (χ3v) is 4.64. The normalized spacial score (nSPS) is 20.1. The standard InChI is InChI=1S/C21H26N2O2/c1-15-6-5-8-19(12-15)25-20-9-4-3-7-18(20)14-23-21(24)17-10-11-22-16(2)13-17/h3-9,12,16-17,22H,10-11,13-14H2,1-2H3,(H,23,24)/t16-,17-/m0/s1.